The molecule has 16 heavy (non-hydrogen) atoms. The average molecular weight is 218 g/mol. The molecule has 0 saturated heterocycles. The standard InChI is InChI=1S/C12H18N4/c1-3-10(2)13-8-9-16-12-7-5-4-6-11(12)14-15-16/h4-7,10,13H,3,8-9H2,1-2H3. The summed E-state index contributed by atoms with van der Waals surface area (Å²) in [5, 5.41) is 11.7. The summed E-state index contributed by atoms with van der Waals surface area (Å²) >= 11 is 0. The Morgan fingerprint density at radius 3 is 3.00 bits per heavy atom. The molecule has 4 heteroatoms. The van der Waals surface area contributed by atoms with Crippen LogP contribution in [-0.2, 0) is 6.54 Å². The predicted molar refractivity (Wildman–Crippen MR) is 65.3 cm³/mol. The fourth-order valence-corrected chi connectivity index (χ4v) is 1.64. The number of para-hydroxylation sites is 1. The zero-order chi connectivity index (χ0) is 11.4. The molecule has 1 aromatic heterocycles. The van der Waals surface area contributed by atoms with Crippen LogP contribution in [0.2, 0.25) is 0 Å². The molecule has 0 bridgehead atoms. The van der Waals surface area contributed by atoms with E-state index in [9.17, 15) is 0 Å². The molecule has 0 radical (unpaired) electrons. The SMILES string of the molecule is CCC(C)NCCn1nnc2ccccc21. The van der Waals surface area contributed by atoms with Crippen LogP contribution in [-0.4, -0.2) is 27.6 Å². The number of hydrogen-bond donors (Lipinski definition) is 1. The van der Waals surface area contributed by atoms with Crippen molar-refractivity contribution in [1.82, 2.24) is 20.3 Å². The van der Waals surface area contributed by atoms with Gasteiger partial charge in [0.05, 0.1) is 12.1 Å². The van der Waals surface area contributed by atoms with Crippen LogP contribution < -0.4 is 5.32 Å². The van der Waals surface area contributed by atoms with Gasteiger partial charge in [-0.3, -0.25) is 0 Å². The first-order chi connectivity index (χ1) is 7.81. The molecule has 0 aliphatic heterocycles. The van der Waals surface area contributed by atoms with Gasteiger partial charge in [0.1, 0.15) is 5.52 Å². The van der Waals surface area contributed by atoms with E-state index in [4.69, 9.17) is 0 Å². The van der Waals surface area contributed by atoms with E-state index < -0.39 is 0 Å². The van der Waals surface area contributed by atoms with Gasteiger partial charge in [-0.15, -0.1) is 5.10 Å². The quantitative estimate of drug-likeness (QED) is 0.832. The third-order valence-electron chi connectivity index (χ3n) is 2.85. The summed E-state index contributed by atoms with van der Waals surface area (Å²) < 4.78 is 1.95. The second-order valence-electron chi connectivity index (χ2n) is 4.06. The second kappa shape index (κ2) is 5.07. The third kappa shape index (κ3) is 2.39. The van der Waals surface area contributed by atoms with Crippen molar-refractivity contribution in [3.8, 4) is 0 Å². The van der Waals surface area contributed by atoms with E-state index in [1.54, 1.807) is 0 Å². The van der Waals surface area contributed by atoms with Crippen molar-refractivity contribution in [3.63, 3.8) is 0 Å². The number of nitrogens with zero attached hydrogens (tertiary/aromatic N) is 3. The highest BCUT2D eigenvalue weighted by molar-refractivity contribution is 5.73. The van der Waals surface area contributed by atoms with Gasteiger partial charge in [0.25, 0.3) is 0 Å². The van der Waals surface area contributed by atoms with E-state index in [-0.39, 0.29) is 0 Å². The van der Waals surface area contributed by atoms with Crippen molar-refractivity contribution in [2.24, 2.45) is 0 Å². The number of nitrogens with one attached hydrogen (secondary N) is 1. The minimum absolute atomic E-state index is 0.565. The van der Waals surface area contributed by atoms with Crippen LogP contribution in [0.25, 0.3) is 11.0 Å². The van der Waals surface area contributed by atoms with Crippen molar-refractivity contribution >= 4 is 11.0 Å². The minimum Gasteiger partial charge on any atom is -0.312 e. The topological polar surface area (TPSA) is 42.7 Å². The van der Waals surface area contributed by atoms with Crippen LogP contribution in [0.5, 0.6) is 0 Å². The van der Waals surface area contributed by atoms with Crippen molar-refractivity contribution in [2.75, 3.05) is 6.54 Å². The summed E-state index contributed by atoms with van der Waals surface area (Å²) in [6.07, 6.45) is 1.15. The normalized spacial score (nSPS) is 13.1. The van der Waals surface area contributed by atoms with Gasteiger partial charge in [0.2, 0.25) is 0 Å². The van der Waals surface area contributed by atoms with E-state index in [2.05, 4.69) is 35.5 Å². The van der Waals surface area contributed by atoms with Crippen LogP contribution in [0, 0.1) is 0 Å². The molecule has 1 N–H and O–H groups in total. The highest BCUT2D eigenvalue weighted by Crippen LogP contribution is 2.08. The van der Waals surface area contributed by atoms with Crippen molar-refractivity contribution in [2.45, 2.75) is 32.9 Å². The fraction of sp³-hybridized carbons (Fsp3) is 0.500. The maximum atomic E-state index is 4.14. The Morgan fingerprint density at radius 2 is 2.19 bits per heavy atom. The van der Waals surface area contributed by atoms with Gasteiger partial charge in [-0.25, -0.2) is 4.68 Å². The molecule has 2 aromatic rings. The van der Waals surface area contributed by atoms with Crippen LogP contribution in [0.3, 0.4) is 0 Å². The van der Waals surface area contributed by atoms with Gasteiger partial charge in [-0.05, 0) is 25.5 Å². The van der Waals surface area contributed by atoms with Crippen LogP contribution in [0.4, 0.5) is 0 Å². The third-order valence-corrected chi connectivity index (χ3v) is 2.85. The number of fused-ring (bicyclic) bond motifs is 1. The molecule has 0 fully saturated rings. The van der Waals surface area contributed by atoms with E-state index in [0.717, 1.165) is 30.5 Å². The summed E-state index contributed by atoms with van der Waals surface area (Å²) in [5.74, 6) is 0. The van der Waals surface area contributed by atoms with Crippen LogP contribution in [0.1, 0.15) is 20.3 Å². The Hall–Kier alpha value is -1.42. The second-order valence-corrected chi connectivity index (χ2v) is 4.06. The summed E-state index contributed by atoms with van der Waals surface area (Å²) in [6.45, 7) is 6.18. The monoisotopic (exact) mass is 218 g/mol. The summed E-state index contributed by atoms with van der Waals surface area (Å²) in [5.41, 5.74) is 2.07. The lowest BCUT2D eigenvalue weighted by molar-refractivity contribution is 0.487. The molecule has 0 aliphatic carbocycles. The van der Waals surface area contributed by atoms with Gasteiger partial charge in [-0.1, -0.05) is 24.3 Å². The molecule has 2 rings (SSSR count). The minimum atomic E-state index is 0.565. The zero-order valence-corrected chi connectivity index (χ0v) is 9.85. The zero-order valence-electron chi connectivity index (χ0n) is 9.85. The molecule has 0 amide bonds. The Bertz CT molecular complexity index is 449. The Morgan fingerprint density at radius 1 is 1.38 bits per heavy atom. The summed E-state index contributed by atoms with van der Waals surface area (Å²) in [4.78, 5) is 0. The molecule has 86 valence electrons. The van der Waals surface area contributed by atoms with Gasteiger partial charge in [0.15, 0.2) is 0 Å². The van der Waals surface area contributed by atoms with Crippen LogP contribution in [0.15, 0.2) is 24.3 Å². The number of rotatable bonds is 5. The van der Waals surface area contributed by atoms with E-state index in [0.29, 0.717) is 6.04 Å². The van der Waals surface area contributed by atoms with E-state index in [1.807, 2.05) is 22.9 Å². The van der Waals surface area contributed by atoms with Gasteiger partial charge in [0, 0.05) is 12.6 Å². The molecule has 1 heterocycles. The van der Waals surface area contributed by atoms with Crippen molar-refractivity contribution in [3.05, 3.63) is 24.3 Å². The van der Waals surface area contributed by atoms with Crippen molar-refractivity contribution < 1.29 is 0 Å². The number of aromatic nitrogens is 3. The average Bonchev–Trinajstić information content (AvgIpc) is 2.73. The first-order valence-electron chi connectivity index (χ1n) is 5.83. The maximum absolute atomic E-state index is 4.14. The largest absolute Gasteiger partial charge is 0.312 e. The lowest BCUT2D eigenvalue weighted by Gasteiger charge is -2.10. The fourth-order valence-electron chi connectivity index (χ4n) is 1.64. The Balaban J connectivity index is 1.99. The molecule has 0 saturated carbocycles. The smallest absolute Gasteiger partial charge is 0.113 e. The van der Waals surface area contributed by atoms with Gasteiger partial charge < -0.3 is 5.32 Å². The molecular formula is C12H18N4. The lowest BCUT2D eigenvalue weighted by Crippen LogP contribution is -2.28. The first kappa shape index (κ1) is 11.1. The first-order valence-corrected chi connectivity index (χ1v) is 5.83. The van der Waals surface area contributed by atoms with E-state index >= 15 is 0 Å². The molecular weight excluding hydrogens is 200 g/mol. The Kier molecular flexibility index (Phi) is 3.51. The molecule has 1 aromatic carbocycles. The van der Waals surface area contributed by atoms with E-state index in [1.165, 1.54) is 0 Å². The van der Waals surface area contributed by atoms with Gasteiger partial charge in [-0.2, -0.15) is 0 Å². The Labute approximate surface area is 95.6 Å². The molecule has 0 spiro atoms. The maximum Gasteiger partial charge on any atom is 0.113 e. The summed E-state index contributed by atoms with van der Waals surface area (Å²) in [6, 6.07) is 8.61. The number of hydrogen-bond acceptors (Lipinski definition) is 3. The molecule has 1 unspecified atom stereocenters. The predicted octanol–water partition coefficient (Wildman–Crippen LogP) is 1.82. The van der Waals surface area contributed by atoms with Crippen LogP contribution >= 0.6 is 0 Å². The van der Waals surface area contributed by atoms with Gasteiger partial charge >= 0.3 is 0 Å². The lowest BCUT2D eigenvalue weighted by atomic mass is 10.2. The van der Waals surface area contributed by atoms with Crippen molar-refractivity contribution in [1.29, 1.82) is 0 Å². The highest BCUT2D eigenvalue weighted by atomic mass is 15.4. The molecule has 1 atom stereocenters. The molecule has 0 aliphatic rings. The summed E-state index contributed by atoms with van der Waals surface area (Å²) in [7, 11) is 0. The number of benzene rings is 1. The highest BCUT2D eigenvalue weighted by Gasteiger charge is 2.03. The molecule has 4 nitrogen and oxygen atoms in total.